The number of nitrogens with zero attached hydrogens (tertiary/aromatic N) is 1. The van der Waals surface area contributed by atoms with Crippen molar-refractivity contribution in [3.63, 3.8) is 0 Å². The van der Waals surface area contributed by atoms with E-state index in [2.05, 4.69) is 58.7 Å². The van der Waals surface area contributed by atoms with Crippen LogP contribution in [0.3, 0.4) is 0 Å². The highest BCUT2D eigenvalue weighted by Gasteiger charge is 2.36. The van der Waals surface area contributed by atoms with Crippen molar-refractivity contribution in [2.24, 2.45) is 5.92 Å². The first-order chi connectivity index (χ1) is 11.9. The monoisotopic (exact) mass is 394 g/mol. The molecule has 0 radical (unpaired) electrons. The van der Waals surface area contributed by atoms with Crippen LogP contribution in [-0.2, 0) is 6.61 Å². The van der Waals surface area contributed by atoms with Crippen LogP contribution in [0.25, 0.3) is 0 Å². The van der Waals surface area contributed by atoms with Crippen LogP contribution in [0, 0.1) is 5.92 Å². The van der Waals surface area contributed by atoms with Crippen molar-refractivity contribution in [3.05, 3.63) is 65.7 Å². The third-order valence-electron chi connectivity index (χ3n) is 5.06. The molecular weight excluding hydrogens is 367 g/mol. The minimum Gasteiger partial charge on any atom is -0.489 e. The summed E-state index contributed by atoms with van der Waals surface area (Å²) in [5, 5.41) is 3.46. The molecule has 26 heavy (non-hydrogen) atoms. The topological polar surface area (TPSA) is 24.5 Å². The third-order valence-corrected chi connectivity index (χ3v) is 5.06. The highest BCUT2D eigenvalue weighted by atomic mass is 35.5. The Balaban J connectivity index is 0.00000121. The van der Waals surface area contributed by atoms with E-state index in [1.807, 2.05) is 6.07 Å². The number of ether oxygens (including phenoxy) is 1. The van der Waals surface area contributed by atoms with E-state index in [0.29, 0.717) is 12.6 Å². The van der Waals surface area contributed by atoms with Crippen LogP contribution in [0.1, 0.15) is 30.0 Å². The molecule has 4 rings (SSSR count). The van der Waals surface area contributed by atoms with Crippen LogP contribution in [0.2, 0.25) is 0 Å². The molecule has 1 aliphatic heterocycles. The van der Waals surface area contributed by atoms with E-state index in [1.165, 1.54) is 24.0 Å². The second kappa shape index (κ2) is 10.2. The quantitative estimate of drug-likeness (QED) is 0.781. The molecule has 0 aromatic heterocycles. The van der Waals surface area contributed by atoms with E-state index in [9.17, 15) is 0 Å². The molecule has 2 aliphatic rings. The van der Waals surface area contributed by atoms with Crippen molar-refractivity contribution in [2.75, 3.05) is 26.2 Å². The van der Waals surface area contributed by atoms with Gasteiger partial charge < -0.3 is 10.1 Å². The van der Waals surface area contributed by atoms with Gasteiger partial charge in [0.15, 0.2) is 0 Å². The van der Waals surface area contributed by atoms with Crippen LogP contribution >= 0.6 is 24.8 Å². The Kier molecular flexibility index (Phi) is 8.23. The number of piperazine rings is 1. The van der Waals surface area contributed by atoms with Gasteiger partial charge in [-0.1, -0.05) is 42.5 Å². The van der Waals surface area contributed by atoms with E-state index in [0.717, 1.165) is 37.8 Å². The predicted octanol–water partition coefficient (Wildman–Crippen LogP) is 4.47. The van der Waals surface area contributed by atoms with Gasteiger partial charge in [-0.2, -0.15) is 0 Å². The van der Waals surface area contributed by atoms with Gasteiger partial charge in [-0.25, -0.2) is 0 Å². The third kappa shape index (κ3) is 5.37. The van der Waals surface area contributed by atoms with Crippen LogP contribution < -0.4 is 10.1 Å². The molecule has 0 bridgehead atoms. The summed E-state index contributed by atoms with van der Waals surface area (Å²) in [6.45, 7) is 5.14. The summed E-state index contributed by atoms with van der Waals surface area (Å²) in [5.74, 6) is 1.81. The van der Waals surface area contributed by atoms with Crippen LogP contribution in [-0.4, -0.2) is 31.1 Å². The van der Waals surface area contributed by atoms with Gasteiger partial charge in [0, 0.05) is 32.2 Å². The molecule has 2 fully saturated rings. The number of nitrogens with one attached hydrogen (secondary N) is 1. The SMILES string of the molecule is Cl.Cl.c1ccc(COc2cccc([C@H](C3CC3)N3CCNCC3)c2)cc1. The van der Waals surface area contributed by atoms with Gasteiger partial charge >= 0.3 is 0 Å². The summed E-state index contributed by atoms with van der Waals surface area (Å²) >= 11 is 0. The average Bonchev–Trinajstić information content (AvgIpc) is 3.47. The summed E-state index contributed by atoms with van der Waals surface area (Å²) in [5.41, 5.74) is 2.63. The molecule has 1 atom stereocenters. The maximum absolute atomic E-state index is 6.04. The summed E-state index contributed by atoms with van der Waals surface area (Å²) in [7, 11) is 0. The van der Waals surface area contributed by atoms with Crippen molar-refractivity contribution >= 4 is 24.8 Å². The molecule has 1 heterocycles. The number of benzene rings is 2. The standard InChI is InChI=1S/C21H26N2O.2ClH/c1-2-5-17(6-3-1)16-24-20-8-4-7-19(15-20)21(18-9-10-18)23-13-11-22-12-14-23;;/h1-8,15,18,21-22H,9-14,16H2;2*1H/t21-;;/m0../s1. The number of rotatable bonds is 6. The largest absolute Gasteiger partial charge is 0.489 e. The van der Waals surface area contributed by atoms with Crippen molar-refractivity contribution in [3.8, 4) is 5.75 Å². The molecule has 2 aromatic rings. The number of halogens is 2. The van der Waals surface area contributed by atoms with E-state index in [1.54, 1.807) is 0 Å². The smallest absolute Gasteiger partial charge is 0.120 e. The Hall–Kier alpha value is -1.26. The number of hydrogen-bond acceptors (Lipinski definition) is 3. The molecule has 1 saturated heterocycles. The lowest BCUT2D eigenvalue weighted by molar-refractivity contribution is 0.156. The van der Waals surface area contributed by atoms with Gasteiger partial charge in [-0.15, -0.1) is 24.8 Å². The zero-order valence-electron chi connectivity index (χ0n) is 15.0. The predicted molar refractivity (Wildman–Crippen MR) is 112 cm³/mol. The summed E-state index contributed by atoms with van der Waals surface area (Å²) < 4.78 is 6.04. The molecule has 0 unspecified atom stereocenters. The average molecular weight is 395 g/mol. The van der Waals surface area contributed by atoms with E-state index in [-0.39, 0.29) is 24.8 Å². The Labute approximate surface area is 168 Å². The Morgan fingerprint density at radius 3 is 2.38 bits per heavy atom. The lowest BCUT2D eigenvalue weighted by Crippen LogP contribution is -2.45. The summed E-state index contributed by atoms with van der Waals surface area (Å²) in [6, 6.07) is 19.7. The fourth-order valence-corrected chi connectivity index (χ4v) is 3.68. The Morgan fingerprint density at radius 1 is 0.962 bits per heavy atom. The molecule has 1 saturated carbocycles. The van der Waals surface area contributed by atoms with Crippen LogP contribution in [0.5, 0.6) is 5.75 Å². The van der Waals surface area contributed by atoms with Crippen LogP contribution in [0.15, 0.2) is 54.6 Å². The van der Waals surface area contributed by atoms with Gasteiger partial charge in [-0.3, -0.25) is 4.90 Å². The molecule has 0 amide bonds. The van der Waals surface area contributed by atoms with Crippen molar-refractivity contribution < 1.29 is 4.74 Å². The summed E-state index contributed by atoms with van der Waals surface area (Å²) in [6.07, 6.45) is 2.73. The van der Waals surface area contributed by atoms with Gasteiger partial charge in [0.2, 0.25) is 0 Å². The zero-order chi connectivity index (χ0) is 16.2. The molecule has 0 spiro atoms. The minimum atomic E-state index is 0. The van der Waals surface area contributed by atoms with Gasteiger partial charge in [0.1, 0.15) is 12.4 Å². The molecule has 1 aliphatic carbocycles. The molecule has 1 N–H and O–H groups in total. The van der Waals surface area contributed by atoms with E-state index < -0.39 is 0 Å². The molecule has 5 heteroatoms. The van der Waals surface area contributed by atoms with Crippen molar-refractivity contribution in [2.45, 2.75) is 25.5 Å². The summed E-state index contributed by atoms with van der Waals surface area (Å²) in [4.78, 5) is 2.66. The highest BCUT2D eigenvalue weighted by molar-refractivity contribution is 5.85. The Bertz CT molecular complexity index is 658. The molecule has 3 nitrogen and oxygen atoms in total. The van der Waals surface area contributed by atoms with Gasteiger partial charge in [0.05, 0.1) is 0 Å². The zero-order valence-corrected chi connectivity index (χ0v) is 16.6. The fourth-order valence-electron chi connectivity index (χ4n) is 3.68. The first-order valence-electron chi connectivity index (χ1n) is 9.11. The van der Waals surface area contributed by atoms with E-state index in [4.69, 9.17) is 4.74 Å². The Morgan fingerprint density at radius 2 is 1.69 bits per heavy atom. The lowest BCUT2D eigenvalue weighted by Gasteiger charge is -2.35. The highest BCUT2D eigenvalue weighted by Crippen LogP contribution is 2.45. The first-order valence-corrected chi connectivity index (χ1v) is 9.11. The maximum atomic E-state index is 6.04. The van der Waals surface area contributed by atoms with Crippen molar-refractivity contribution in [1.82, 2.24) is 10.2 Å². The van der Waals surface area contributed by atoms with E-state index >= 15 is 0 Å². The van der Waals surface area contributed by atoms with Gasteiger partial charge in [-0.05, 0) is 42.0 Å². The molecule has 2 aromatic carbocycles. The fraction of sp³-hybridized carbons (Fsp3) is 0.429. The first kappa shape index (κ1) is 21.0. The van der Waals surface area contributed by atoms with Crippen molar-refractivity contribution in [1.29, 1.82) is 0 Å². The maximum Gasteiger partial charge on any atom is 0.120 e. The second-order valence-corrected chi connectivity index (χ2v) is 6.91. The molecular formula is C21H28Cl2N2O. The number of hydrogen-bond donors (Lipinski definition) is 1. The second-order valence-electron chi connectivity index (χ2n) is 6.91. The minimum absolute atomic E-state index is 0. The normalized spacial score (nSPS) is 18.3. The molecule has 142 valence electrons. The van der Waals surface area contributed by atoms with Crippen LogP contribution in [0.4, 0.5) is 0 Å². The lowest BCUT2D eigenvalue weighted by atomic mass is 9.99. The van der Waals surface area contributed by atoms with Gasteiger partial charge in [0.25, 0.3) is 0 Å².